The largest absolute Gasteiger partial charge is 0.481 e. The maximum atomic E-state index is 10.8. The van der Waals surface area contributed by atoms with Gasteiger partial charge in [0, 0.05) is 5.41 Å². The zero-order chi connectivity index (χ0) is 13.1. The van der Waals surface area contributed by atoms with E-state index in [4.69, 9.17) is 5.11 Å². The smallest absolute Gasteiger partial charge is 0.305 e. The van der Waals surface area contributed by atoms with E-state index in [1.54, 1.807) is 4.68 Å². The lowest BCUT2D eigenvalue weighted by Crippen LogP contribution is -2.26. The van der Waals surface area contributed by atoms with E-state index in [1.807, 2.05) is 6.92 Å². The van der Waals surface area contributed by atoms with Gasteiger partial charge in [-0.3, -0.25) is 4.79 Å². The molecule has 17 heavy (non-hydrogen) atoms. The molecule has 0 aromatic carbocycles. The number of carbonyl (C=O) groups is 1. The van der Waals surface area contributed by atoms with Crippen molar-refractivity contribution < 1.29 is 9.90 Å². The van der Waals surface area contributed by atoms with Gasteiger partial charge in [0.05, 0.1) is 12.5 Å². The molecule has 0 saturated carbocycles. The van der Waals surface area contributed by atoms with Crippen LogP contribution >= 0.6 is 0 Å². The molecule has 0 spiro atoms. The van der Waals surface area contributed by atoms with Crippen molar-refractivity contribution in [2.24, 2.45) is 0 Å². The minimum absolute atomic E-state index is 0.0499. The maximum absolute atomic E-state index is 10.8. The van der Waals surface area contributed by atoms with Gasteiger partial charge in [0.1, 0.15) is 0 Å². The third kappa shape index (κ3) is 3.01. The summed E-state index contributed by atoms with van der Waals surface area (Å²) in [6, 6.07) is -0.177. The molecule has 0 aliphatic rings. The van der Waals surface area contributed by atoms with Crippen LogP contribution in [0.2, 0.25) is 0 Å². The first-order chi connectivity index (χ1) is 7.92. The number of aromatic nitrogens is 4. The average molecular weight is 240 g/mol. The lowest BCUT2D eigenvalue weighted by atomic mass is 9.89. The average Bonchev–Trinajstić information content (AvgIpc) is 2.75. The Balaban J connectivity index is 3.05. The molecule has 1 heterocycles. The number of carboxylic acids is 1. The van der Waals surface area contributed by atoms with Crippen LogP contribution in [0.3, 0.4) is 0 Å². The zero-order valence-corrected chi connectivity index (χ0v) is 10.8. The molecule has 0 amide bonds. The Kier molecular flexibility index (Phi) is 4.20. The molecule has 0 radical (unpaired) electrons. The van der Waals surface area contributed by atoms with Crippen LogP contribution < -0.4 is 0 Å². The molecule has 96 valence electrons. The number of tetrazole rings is 1. The van der Waals surface area contributed by atoms with Crippen LogP contribution in [0.15, 0.2) is 0 Å². The van der Waals surface area contributed by atoms with Crippen molar-refractivity contribution in [2.75, 3.05) is 0 Å². The Morgan fingerprint density at radius 3 is 2.59 bits per heavy atom. The van der Waals surface area contributed by atoms with Gasteiger partial charge in [-0.15, -0.1) is 5.10 Å². The highest BCUT2D eigenvalue weighted by Gasteiger charge is 2.28. The van der Waals surface area contributed by atoms with Crippen molar-refractivity contribution in [3.63, 3.8) is 0 Å². The Morgan fingerprint density at radius 1 is 1.47 bits per heavy atom. The van der Waals surface area contributed by atoms with E-state index in [-0.39, 0.29) is 17.9 Å². The minimum Gasteiger partial charge on any atom is -0.481 e. The monoisotopic (exact) mass is 240 g/mol. The van der Waals surface area contributed by atoms with Crippen LogP contribution in [-0.4, -0.2) is 31.3 Å². The summed E-state index contributed by atoms with van der Waals surface area (Å²) in [4.78, 5) is 10.8. The van der Waals surface area contributed by atoms with Gasteiger partial charge in [-0.05, 0) is 23.3 Å². The molecule has 1 rings (SSSR count). The SMILES string of the molecule is CCC(CC(=O)O)n1nnnc1C(C)(C)CC. The van der Waals surface area contributed by atoms with Gasteiger partial charge in [-0.2, -0.15) is 0 Å². The Labute approximate surface area is 101 Å². The number of nitrogens with zero attached hydrogens (tertiary/aromatic N) is 4. The highest BCUT2D eigenvalue weighted by molar-refractivity contribution is 5.67. The normalized spacial score (nSPS) is 13.6. The molecule has 0 aliphatic heterocycles. The van der Waals surface area contributed by atoms with E-state index >= 15 is 0 Å². The topological polar surface area (TPSA) is 80.9 Å². The molecule has 0 aliphatic carbocycles. The Hall–Kier alpha value is -1.46. The third-order valence-electron chi connectivity index (χ3n) is 3.21. The van der Waals surface area contributed by atoms with Gasteiger partial charge in [-0.25, -0.2) is 4.68 Å². The van der Waals surface area contributed by atoms with Crippen LogP contribution in [0, 0.1) is 0 Å². The van der Waals surface area contributed by atoms with Crippen LogP contribution in [0.25, 0.3) is 0 Å². The molecule has 1 aromatic rings. The molecule has 6 heteroatoms. The van der Waals surface area contributed by atoms with Crippen LogP contribution in [0.1, 0.15) is 58.8 Å². The van der Waals surface area contributed by atoms with Crippen molar-refractivity contribution in [1.29, 1.82) is 0 Å². The van der Waals surface area contributed by atoms with E-state index < -0.39 is 5.97 Å². The number of rotatable bonds is 6. The van der Waals surface area contributed by atoms with Crippen LogP contribution in [-0.2, 0) is 10.2 Å². The maximum Gasteiger partial charge on any atom is 0.305 e. The second kappa shape index (κ2) is 5.25. The summed E-state index contributed by atoms with van der Waals surface area (Å²) in [6.07, 6.45) is 1.65. The van der Waals surface area contributed by atoms with Crippen molar-refractivity contribution in [1.82, 2.24) is 20.2 Å². The zero-order valence-electron chi connectivity index (χ0n) is 10.8. The van der Waals surface area contributed by atoms with Gasteiger partial charge in [0.25, 0.3) is 0 Å². The summed E-state index contributed by atoms with van der Waals surface area (Å²) in [5.74, 6) is -0.0688. The fourth-order valence-corrected chi connectivity index (χ4v) is 1.65. The number of hydrogen-bond donors (Lipinski definition) is 1. The first-order valence-corrected chi connectivity index (χ1v) is 5.92. The van der Waals surface area contributed by atoms with Gasteiger partial charge < -0.3 is 5.11 Å². The number of carboxylic acid groups (broad SMARTS) is 1. The molecule has 0 bridgehead atoms. The first kappa shape index (κ1) is 13.6. The third-order valence-corrected chi connectivity index (χ3v) is 3.21. The molecule has 1 unspecified atom stereocenters. The predicted octanol–water partition coefficient (Wildman–Crippen LogP) is 1.79. The standard InChI is InChI=1S/C11H20N4O2/c1-5-8(7-9(16)17)15-10(12-13-14-15)11(3,4)6-2/h8H,5-7H2,1-4H3,(H,16,17). The van der Waals surface area contributed by atoms with E-state index in [9.17, 15) is 4.79 Å². The van der Waals surface area contributed by atoms with E-state index in [0.29, 0.717) is 6.42 Å². The second-order valence-electron chi connectivity index (χ2n) is 4.84. The van der Waals surface area contributed by atoms with Crippen molar-refractivity contribution in [3.8, 4) is 0 Å². The minimum atomic E-state index is -0.826. The Bertz CT molecular complexity index is 387. The van der Waals surface area contributed by atoms with Gasteiger partial charge in [0.2, 0.25) is 0 Å². The summed E-state index contributed by atoms with van der Waals surface area (Å²) in [5, 5.41) is 20.6. The van der Waals surface area contributed by atoms with E-state index in [2.05, 4.69) is 36.3 Å². The predicted molar refractivity (Wildman–Crippen MR) is 62.7 cm³/mol. The summed E-state index contributed by atoms with van der Waals surface area (Å²) in [7, 11) is 0. The van der Waals surface area contributed by atoms with Gasteiger partial charge in [0.15, 0.2) is 5.82 Å². The van der Waals surface area contributed by atoms with Crippen LogP contribution in [0.4, 0.5) is 0 Å². The fourth-order valence-electron chi connectivity index (χ4n) is 1.65. The quantitative estimate of drug-likeness (QED) is 0.819. The van der Waals surface area contributed by atoms with E-state index in [0.717, 1.165) is 12.2 Å². The molecule has 0 saturated heterocycles. The van der Waals surface area contributed by atoms with Gasteiger partial charge >= 0.3 is 5.97 Å². The summed E-state index contributed by atoms with van der Waals surface area (Å²) < 4.78 is 1.66. The van der Waals surface area contributed by atoms with Crippen molar-refractivity contribution in [3.05, 3.63) is 5.82 Å². The van der Waals surface area contributed by atoms with Crippen molar-refractivity contribution >= 4 is 5.97 Å². The van der Waals surface area contributed by atoms with E-state index in [1.165, 1.54) is 0 Å². The van der Waals surface area contributed by atoms with Crippen molar-refractivity contribution in [2.45, 2.75) is 58.4 Å². The lowest BCUT2D eigenvalue weighted by Gasteiger charge is -2.24. The first-order valence-electron chi connectivity index (χ1n) is 5.92. The molecule has 1 aromatic heterocycles. The summed E-state index contributed by atoms with van der Waals surface area (Å²) in [5.41, 5.74) is -0.143. The highest BCUT2D eigenvalue weighted by Crippen LogP contribution is 2.27. The molecule has 0 fully saturated rings. The number of hydrogen-bond acceptors (Lipinski definition) is 4. The number of aliphatic carboxylic acids is 1. The lowest BCUT2D eigenvalue weighted by molar-refractivity contribution is -0.138. The molecular formula is C11H20N4O2. The fraction of sp³-hybridized carbons (Fsp3) is 0.818. The molecular weight excluding hydrogens is 220 g/mol. The summed E-state index contributed by atoms with van der Waals surface area (Å²) >= 11 is 0. The molecule has 1 N–H and O–H groups in total. The van der Waals surface area contributed by atoms with Crippen LogP contribution in [0.5, 0.6) is 0 Å². The van der Waals surface area contributed by atoms with Gasteiger partial charge in [-0.1, -0.05) is 27.7 Å². The Morgan fingerprint density at radius 2 is 2.12 bits per heavy atom. The summed E-state index contributed by atoms with van der Waals surface area (Å²) in [6.45, 7) is 8.13. The second-order valence-corrected chi connectivity index (χ2v) is 4.84. The highest BCUT2D eigenvalue weighted by atomic mass is 16.4. The molecule has 6 nitrogen and oxygen atoms in total. The molecule has 1 atom stereocenters.